The fourth-order valence-corrected chi connectivity index (χ4v) is 4.74. The number of hydrogen-bond donors (Lipinski definition) is 1. The molecule has 0 aliphatic carbocycles. The van der Waals surface area contributed by atoms with Crippen LogP contribution in [0.1, 0.15) is 38.3 Å². The first-order valence-corrected chi connectivity index (χ1v) is 13.6. The Hall–Kier alpha value is -2.78. The minimum absolute atomic E-state index is 0.115. The van der Waals surface area contributed by atoms with Crippen LogP contribution in [-0.4, -0.2) is 57.1 Å². The van der Waals surface area contributed by atoms with Gasteiger partial charge >= 0.3 is 0 Å². The maximum atomic E-state index is 13.7. The summed E-state index contributed by atoms with van der Waals surface area (Å²) in [6, 6.07) is 11.1. The van der Waals surface area contributed by atoms with Crippen molar-refractivity contribution in [3.63, 3.8) is 0 Å². The highest BCUT2D eigenvalue weighted by Gasteiger charge is 2.32. The van der Waals surface area contributed by atoms with Crippen LogP contribution in [0.2, 0.25) is 5.02 Å². The molecule has 192 valence electrons. The number of methoxy groups -OCH3 is 1. The number of sulfonamides is 1. The quantitative estimate of drug-likeness (QED) is 0.484. The Bertz CT molecular complexity index is 1140. The minimum Gasteiger partial charge on any atom is -0.497 e. The molecule has 0 unspecified atom stereocenters. The number of hydrogen-bond acceptors (Lipinski definition) is 5. The zero-order chi connectivity index (χ0) is 26.3. The standard InChI is InChI=1S/C25H34ClN3O5S/c1-7-22(25(31)27-17(2)3)28(15-19-9-12-21(34-5)13-10-19)24(30)16-29(35(6,32)33)23-14-20(26)11-8-18(23)4/h8-14,17,22H,7,15-16H2,1-6H3,(H,27,31)/t22-/m0/s1. The van der Waals surface area contributed by atoms with Crippen LogP contribution in [0.3, 0.4) is 0 Å². The zero-order valence-corrected chi connectivity index (χ0v) is 22.6. The normalized spacial score (nSPS) is 12.2. The van der Waals surface area contributed by atoms with Crippen molar-refractivity contribution in [2.75, 3.05) is 24.2 Å². The Kier molecular flexibility index (Phi) is 9.97. The van der Waals surface area contributed by atoms with Gasteiger partial charge in [0.05, 0.1) is 19.1 Å². The van der Waals surface area contributed by atoms with Gasteiger partial charge in [0.25, 0.3) is 0 Å². The van der Waals surface area contributed by atoms with Crippen LogP contribution in [-0.2, 0) is 26.2 Å². The average molecular weight is 524 g/mol. The van der Waals surface area contributed by atoms with E-state index in [0.717, 1.165) is 16.1 Å². The van der Waals surface area contributed by atoms with Crippen molar-refractivity contribution < 1.29 is 22.7 Å². The molecule has 2 amide bonds. The molecule has 0 heterocycles. The van der Waals surface area contributed by atoms with Crippen LogP contribution in [0.15, 0.2) is 42.5 Å². The lowest BCUT2D eigenvalue weighted by Crippen LogP contribution is -2.53. The van der Waals surface area contributed by atoms with E-state index in [1.54, 1.807) is 38.3 Å². The maximum Gasteiger partial charge on any atom is 0.244 e. The van der Waals surface area contributed by atoms with E-state index in [9.17, 15) is 18.0 Å². The molecule has 2 rings (SSSR count). The fraction of sp³-hybridized carbons (Fsp3) is 0.440. The molecule has 1 atom stereocenters. The topological polar surface area (TPSA) is 96.0 Å². The van der Waals surface area contributed by atoms with E-state index in [1.165, 1.54) is 11.0 Å². The molecule has 0 saturated carbocycles. The van der Waals surface area contributed by atoms with E-state index in [-0.39, 0.29) is 18.5 Å². The number of ether oxygens (including phenoxy) is 1. The summed E-state index contributed by atoms with van der Waals surface area (Å²) in [6.07, 6.45) is 1.40. The van der Waals surface area contributed by atoms with Crippen LogP contribution >= 0.6 is 11.6 Å². The highest BCUT2D eigenvalue weighted by molar-refractivity contribution is 7.92. The zero-order valence-electron chi connectivity index (χ0n) is 21.0. The van der Waals surface area contributed by atoms with Gasteiger partial charge in [0, 0.05) is 17.6 Å². The van der Waals surface area contributed by atoms with Gasteiger partial charge in [-0.15, -0.1) is 0 Å². The number of halogens is 1. The molecular weight excluding hydrogens is 490 g/mol. The summed E-state index contributed by atoms with van der Waals surface area (Å²) in [6.45, 7) is 6.89. The molecule has 0 aliphatic heterocycles. The summed E-state index contributed by atoms with van der Waals surface area (Å²) in [4.78, 5) is 28.1. The molecule has 0 saturated heterocycles. The smallest absolute Gasteiger partial charge is 0.244 e. The number of anilines is 1. The van der Waals surface area contributed by atoms with Crippen molar-refractivity contribution in [3.8, 4) is 5.75 Å². The van der Waals surface area contributed by atoms with Gasteiger partial charge in [-0.1, -0.05) is 36.7 Å². The lowest BCUT2D eigenvalue weighted by Gasteiger charge is -2.33. The molecule has 1 N–H and O–H groups in total. The average Bonchev–Trinajstić information content (AvgIpc) is 2.78. The molecule has 2 aromatic carbocycles. The molecule has 8 nitrogen and oxygen atoms in total. The fourth-order valence-electron chi connectivity index (χ4n) is 3.67. The molecule has 0 fully saturated rings. The van der Waals surface area contributed by atoms with Gasteiger partial charge in [-0.3, -0.25) is 13.9 Å². The molecule has 0 bridgehead atoms. The van der Waals surface area contributed by atoms with E-state index in [2.05, 4.69) is 5.32 Å². The summed E-state index contributed by atoms with van der Waals surface area (Å²) in [5.74, 6) is -0.138. The second kappa shape index (κ2) is 12.3. The summed E-state index contributed by atoms with van der Waals surface area (Å²) in [5, 5.41) is 3.21. The van der Waals surface area contributed by atoms with Crippen molar-refractivity contribution in [3.05, 3.63) is 58.6 Å². The van der Waals surface area contributed by atoms with Crippen molar-refractivity contribution in [1.29, 1.82) is 0 Å². The number of benzene rings is 2. The number of carbonyl (C=O) groups is 2. The van der Waals surface area contributed by atoms with Crippen LogP contribution in [0.4, 0.5) is 5.69 Å². The van der Waals surface area contributed by atoms with Crippen molar-refractivity contribution in [2.24, 2.45) is 0 Å². The van der Waals surface area contributed by atoms with Gasteiger partial charge in [0.2, 0.25) is 21.8 Å². The number of amides is 2. The lowest BCUT2D eigenvalue weighted by molar-refractivity contribution is -0.140. The van der Waals surface area contributed by atoms with Crippen molar-refractivity contribution >= 4 is 39.1 Å². The Morgan fingerprint density at radius 3 is 2.26 bits per heavy atom. The number of nitrogens with one attached hydrogen (secondary N) is 1. The summed E-state index contributed by atoms with van der Waals surface area (Å²) >= 11 is 6.12. The molecule has 2 aromatic rings. The van der Waals surface area contributed by atoms with Crippen molar-refractivity contribution in [1.82, 2.24) is 10.2 Å². The third-order valence-corrected chi connectivity index (χ3v) is 6.81. The first kappa shape index (κ1) is 28.5. The van der Waals surface area contributed by atoms with Gasteiger partial charge in [-0.05, 0) is 62.6 Å². The molecule has 0 aliphatic rings. The Morgan fingerprint density at radius 1 is 1.11 bits per heavy atom. The predicted molar refractivity (Wildman–Crippen MR) is 139 cm³/mol. The highest BCUT2D eigenvalue weighted by Crippen LogP contribution is 2.27. The molecule has 10 heteroatoms. The van der Waals surface area contributed by atoms with E-state index < -0.39 is 28.5 Å². The molecule has 35 heavy (non-hydrogen) atoms. The number of nitrogens with zero attached hydrogens (tertiary/aromatic N) is 2. The number of aryl methyl sites for hydroxylation is 1. The first-order valence-electron chi connectivity index (χ1n) is 11.3. The third kappa shape index (κ3) is 7.86. The van der Waals surface area contributed by atoms with Gasteiger partial charge in [-0.2, -0.15) is 0 Å². The Balaban J connectivity index is 2.48. The molecule has 0 radical (unpaired) electrons. The predicted octanol–water partition coefficient (Wildman–Crippen LogP) is 3.76. The molecular formula is C25H34ClN3O5S. The van der Waals surface area contributed by atoms with E-state index in [4.69, 9.17) is 16.3 Å². The number of rotatable bonds is 11. The summed E-state index contributed by atoms with van der Waals surface area (Å²) < 4.78 is 31.7. The van der Waals surface area contributed by atoms with Crippen LogP contribution < -0.4 is 14.4 Å². The first-order chi connectivity index (χ1) is 16.4. The number of carbonyl (C=O) groups excluding carboxylic acids is 2. The highest BCUT2D eigenvalue weighted by atomic mass is 35.5. The van der Waals surface area contributed by atoms with Gasteiger partial charge in [0.1, 0.15) is 18.3 Å². The SMILES string of the molecule is CC[C@@H](C(=O)NC(C)C)N(Cc1ccc(OC)cc1)C(=O)CN(c1cc(Cl)ccc1C)S(C)(=O)=O. The molecule has 0 aromatic heterocycles. The lowest BCUT2D eigenvalue weighted by atomic mass is 10.1. The second-order valence-corrected chi connectivity index (χ2v) is 11.0. The minimum atomic E-state index is -3.83. The van der Waals surface area contributed by atoms with Crippen molar-refractivity contribution in [2.45, 2.75) is 52.7 Å². The summed E-state index contributed by atoms with van der Waals surface area (Å²) in [7, 11) is -2.27. The third-order valence-electron chi connectivity index (χ3n) is 5.45. The van der Waals surface area contributed by atoms with E-state index >= 15 is 0 Å². The Labute approximate surface area is 213 Å². The van der Waals surface area contributed by atoms with Gasteiger partial charge in [0.15, 0.2) is 0 Å². The van der Waals surface area contributed by atoms with Crippen LogP contribution in [0.5, 0.6) is 5.75 Å². The second-order valence-electron chi connectivity index (χ2n) is 8.66. The van der Waals surface area contributed by atoms with E-state index in [1.807, 2.05) is 32.9 Å². The largest absolute Gasteiger partial charge is 0.497 e. The van der Waals surface area contributed by atoms with E-state index in [0.29, 0.717) is 28.4 Å². The van der Waals surface area contributed by atoms with Gasteiger partial charge < -0.3 is 15.0 Å². The van der Waals surface area contributed by atoms with Crippen LogP contribution in [0, 0.1) is 6.92 Å². The monoisotopic (exact) mass is 523 g/mol. The maximum absolute atomic E-state index is 13.7. The molecule has 0 spiro atoms. The van der Waals surface area contributed by atoms with Crippen LogP contribution in [0.25, 0.3) is 0 Å². The Morgan fingerprint density at radius 2 is 1.74 bits per heavy atom. The van der Waals surface area contributed by atoms with Gasteiger partial charge in [-0.25, -0.2) is 8.42 Å². The summed E-state index contributed by atoms with van der Waals surface area (Å²) in [5.41, 5.74) is 1.75.